The van der Waals surface area contributed by atoms with Gasteiger partial charge in [0.25, 0.3) is 0 Å². The minimum Gasteiger partial charge on any atom is -0.495 e. The highest BCUT2D eigenvalue weighted by molar-refractivity contribution is 6.32. The van der Waals surface area contributed by atoms with Crippen LogP contribution in [0.25, 0.3) is 27.8 Å². The average Bonchev–Trinajstić information content (AvgIpc) is 3.45. The molecular formula is C26H23ClN4O3. The molecule has 0 spiro atoms. The molecule has 34 heavy (non-hydrogen) atoms. The van der Waals surface area contributed by atoms with Gasteiger partial charge in [0.15, 0.2) is 0 Å². The Bertz CT molecular complexity index is 1460. The molecule has 0 radical (unpaired) electrons. The summed E-state index contributed by atoms with van der Waals surface area (Å²) in [5, 5.41) is 0.537. The zero-order chi connectivity index (χ0) is 23.8. The molecule has 0 N–H and O–H groups in total. The SMILES string of the molecule is C=CC(=O)N1CC[C@@H](n2c(=O)n(-c3ccc(-c4cccc(Cl)c4OC)cc3)c3cnccc32)C1. The Morgan fingerprint density at radius 2 is 1.97 bits per heavy atom. The van der Waals surface area contributed by atoms with E-state index in [2.05, 4.69) is 11.6 Å². The quantitative estimate of drug-likeness (QED) is 0.400. The predicted molar refractivity (Wildman–Crippen MR) is 133 cm³/mol. The summed E-state index contributed by atoms with van der Waals surface area (Å²) >= 11 is 6.29. The summed E-state index contributed by atoms with van der Waals surface area (Å²) < 4.78 is 8.93. The molecule has 8 heteroatoms. The Balaban J connectivity index is 1.58. The molecule has 5 rings (SSSR count). The van der Waals surface area contributed by atoms with Crippen molar-refractivity contribution in [1.29, 1.82) is 0 Å². The maximum Gasteiger partial charge on any atom is 0.334 e. The van der Waals surface area contributed by atoms with Gasteiger partial charge in [-0.15, -0.1) is 0 Å². The van der Waals surface area contributed by atoms with Crippen LogP contribution in [-0.2, 0) is 4.79 Å². The highest BCUT2D eigenvalue weighted by atomic mass is 35.5. The molecule has 1 atom stereocenters. The van der Waals surface area contributed by atoms with E-state index in [-0.39, 0.29) is 17.6 Å². The van der Waals surface area contributed by atoms with Crippen LogP contribution < -0.4 is 10.4 Å². The van der Waals surface area contributed by atoms with Crippen LogP contribution in [0.5, 0.6) is 5.75 Å². The van der Waals surface area contributed by atoms with Gasteiger partial charge in [-0.25, -0.2) is 4.79 Å². The number of rotatable bonds is 5. The number of aromatic nitrogens is 3. The number of carbonyl (C=O) groups is 1. The van der Waals surface area contributed by atoms with Crippen molar-refractivity contribution in [3.8, 4) is 22.6 Å². The summed E-state index contributed by atoms with van der Waals surface area (Å²) in [6.45, 7) is 4.64. The van der Waals surface area contributed by atoms with Crippen LogP contribution in [0.4, 0.5) is 0 Å². The summed E-state index contributed by atoms with van der Waals surface area (Å²) in [6.07, 6.45) is 5.39. The monoisotopic (exact) mass is 474 g/mol. The molecule has 3 heterocycles. The number of hydrogen-bond acceptors (Lipinski definition) is 4. The smallest absolute Gasteiger partial charge is 0.334 e. The number of benzene rings is 2. The molecule has 0 saturated carbocycles. The van der Waals surface area contributed by atoms with Gasteiger partial charge in [0.05, 0.1) is 41.1 Å². The standard InChI is InChI=1S/C26H23ClN4O3/c1-3-24(32)29-14-12-19(16-29)31-22-11-13-28-15-23(22)30(26(31)33)18-9-7-17(8-10-18)20-5-4-6-21(27)25(20)34-2/h3-11,13,15,19H,1,12,14,16H2,2H3/t19-/m1/s1. The minimum absolute atomic E-state index is 0.113. The van der Waals surface area contributed by atoms with E-state index >= 15 is 0 Å². The Morgan fingerprint density at radius 1 is 1.18 bits per heavy atom. The number of hydrogen-bond donors (Lipinski definition) is 0. The topological polar surface area (TPSA) is 69.4 Å². The van der Waals surface area contributed by atoms with E-state index in [0.29, 0.717) is 35.8 Å². The van der Waals surface area contributed by atoms with E-state index in [9.17, 15) is 9.59 Å². The number of fused-ring (bicyclic) bond motifs is 1. The Morgan fingerprint density at radius 3 is 2.71 bits per heavy atom. The molecule has 1 saturated heterocycles. The van der Waals surface area contributed by atoms with Gasteiger partial charge in [-0.3, -0.25) is 18.9 Å². The zero-order valence-corrected chi connectivity index (χ0v) is 19.4. The van der Waals surface area contributed by atoms with Gasteiger partial charge in [-0.1, -0.05) is 42.4 Å². The highest BCUT2D eigenvalue weighted by Gasteiger charge is 2.30. The fourth-order valence-corrected chi connectivity index (χ4v) is 4.94. The number of amides is 1. The third-order valence-corrected chi connectivity index (χ3v) is 6.60. The fraction of sp³-hybridized carbons (Fsp3) is 0.192. The van der Waals surface area contributed by atoms with Gasteiger partial charge in [0, 0.05) is 24.8 Å². The molecule has 172 valence electrons. The van der Waals surface area contributed by atoms with Crippen molar-refractivity contribution in [3.63, 3.8) is 0 Å². The first-order valence-electron chi connectivity index (χ1n) is 10.9. The van der Waals surface area contributed by atoms with Gasteiger partial charge < -0.3 is 9.64 Å². The van der Waals surface area contributed by atoms with Crippen LogP contribution >= 0.6 is 11.6 Å². The van der Waals surface area contributed by atoms with E-state index < -0.39 is 0 Å². The van der Waals surface area contributed by atoms with Crippen LogP contribution in [-0.4, -0.2) is 45.1 Å². The lowest BCUT2D eigenvalue weighted by molar-refractivity contribution is -0.125. The normalized spacial score (nSPS) is 15.6. The van der Waals surface area contributed by atoms with Gasteiger partial charge in [-0.2, -0.15) is 0 Å². The van der Waals surface area contributed by atoms with Crippen molar-refractivity contribution in [2.75, 3.05) is 20.2 Å². The molecule has 1 aliphatic rings. The maximum atomic E-state index is 13.7. The number of likely N-dealkylation sites (tertiary alicyclic amines) is 1. The van der Waals surface area contributed by atoms with E-state index in [0.717, 1.165) is 22.3 Å². The van der Waals surface area contributed by atoms with Crippen molar-refractivity contribution in [1.82, 2.24) is 19.0 Å². The lowest BCUT2D eigenvalue weighted by atomic mass is 10.0. The van der Waals surface area contributed by atoms with E-state index in [1.807, 2.05) is 42.5 Å². The molecule has 0 aliphatic carbocycles. The van der Waals surface area contributed by atoms with Crippen LogP contribution in [0, 0.1) is 0 Å². The second kappa shape index (κ2) is 8.83. The Kier molecular flexibility index (Phi) is 5.71. The van der Waals surface area contributed by atoms with Crippen molar-refractivity contribution < 1.29 is 9.53 Å². The number of carbonyl (C=O) groups excluding carboxylic acids is 1. The number of ether oxygens (including phenoxy) is 1. The summed E-state index contributed by atoms with van der Waals surface area (Å²) in [5.41, 5.74) is 3.87. The summed E-state index contributed by atoms with van der Waals surface area (Å²) in [4.78, 5) is 31.7. The molecule has 1 fully saturated rings. The molecule has 4 aromatic rings. The molecule has 2 aromatic heterocycles. The molecular weight excluding hydrogens is 452 g/mol. The minimum atomic E-state index is -0.158. The summed E-state index contributed by atoms with van der Waals surface area (Å²) in [6, 6.07) is 15.0. The first-order valence-corrected chi connectivity index (χ1v) is 11.3. The molecule has 0 bridgehead atoms. The first-order chi connectivity index (χ1) is 16.5. The van der Waals surface area contributed by atoms with Crippen LogP contribution in [0.2, 0.25) is 5.02 Å². The number of nitrogens with zero attached hydrogens (tertiary/aromatic N) is 4. The average molecular weight is 475 g/mol. The Hall–Kier alpha value is -3.84. The number of para-hydroxylation sites is 1. The Labute approximate surface area is 201 Å². The predicted octanol–water partition coefficient (Wildman–Crippen LogP) is 4.48. The number of halogens is 1. The molecule has 1 aliphatic heterocycles. The van der Waals surface area contributed by atoms with Gasteiger partial charge >= 0.3 is 5.69 Å². The molecule has 2 aromatic carbocycles. The third kappa shape index (κ3) is 3.58. The van der Waals surface area contributed by atoms with Crippen molar-refractivity contribution in [2.45, 2.75) is 12.5 Å². The second-order valence-electron chi connectivity index (χ2n) is 8.15. The summed E-state index contributed by atoms with van der Waals surface area (Å²) in [7, 11) is 1.59. The van der Waals surface area contributed by atoms with Crippen molar-refractivity contribution in [2.24, 2.45) is 0 Å². The third-order valence-electron chi connectivity index (χ3n) is 6.30. The highest BCUT2D eigenvalue weighted by Crippen LogP contribution is 2.36. The zero-order valence-electron chi connectivity index (χ0n) is 18.6. The van der Waals surface area contributed by atoms with Gasteiger partial charge in [-0.05, 0) is 42.3 Å². The van der Waals surface area contributed by atoms with Gasteiger partial charge in [0.2, 0.25) is 5.91 Å². The fourth-order valence-electron chi connectivity index (χ4n) is 4.69. The van der Waals surface area contributed by atoms with E-state index in [4.69, 9.17) is 16.3 Å². The van der Waals surface area contributed by atoms with Crippen molar-refractivity contribution in [3.05, 3.63) is 89.1 Å². The van der Waals surface area contributed by atoms with Crippen LogP contribution in [0.15, 0.2) is 78.4 Å². The second-order valence-corrected chi connectivity index (χ2v) is 8.56. The lowest BCUT2D eigenvalue weighted by Gasteiger charge is -2.15. The first kappa shape index (κ1) is 22.0. The van der Waals surface area contributed by atoms with Gasteiger partial charge in [0.1, 0.15) is 5.75 Å². The van der Waals surface area contributed by atoms with Crippen molar-refractivity contribution >= 4 is 28.5 Å². The maximum absolute atomic E-state index is 13.7. The van der Waals surface area contributed by atoms with Crippen LogP contribution in [0.1, 0.15) is 12.5 Å². The molecule has 7 nitrogen and oxygen atoms in total. The summed E-state index contributed by atoms with van der Waals surface area (Å²) in [5.74, 6) is 0.489. The number of pyridine rings is 1. The lowest BCUT2D eigenvalue weighted by Crippen LogP contribution is -2.31. The van der Waals surface area contributed by atoms with E-state index in [1.165, 1.54) is 6.08 Å². The largest absolute Gasteiger partial charge is 0.495 e. The number of methoxy groups -OCH3 is 1. The van der Waals surface area contributed by atoms with Crippen LogP contribution in [0.3, 0.4) is 0 Å². The molecule has 1 amide bonds. The number of imidazole rings is 1. The van der Waals surface area contributed by atoms with E-state index in [1.54, 1.807) is 39.6 Å². The molecule has 0 unspecified atom stereocenters.